The number of carbonyl (C=O) groups is 1. The van der Waals surface area contributed by atoms with Crippen LogP contribution in [0.15, 0.2) is 79.0 Å². The number of hydrogen-bond acceptors (Lipinski definition) is 7. The molecule has 0 bridgehead atoms. The number of aromatic nitrogens is 2. The SMILES string of the molecule is CC(=O)N1CCCC(c2cccc(NCc3ccc(Nc4ncc(C(F)(F)F)c(Nc5ccccc5P(C)(C)=O)n4)cc3)c2)C1. The highest BCUT2D eigenvalue weighted by Gasteiger charge is 2.36. The molecule has 1 atom stereocenters. The van der Waals surface area contributed by atoms with Crippen LogP contribution in [0.4, 0.5) is 42.0 Å². The first kappa shape index (κ1) is 32.0. The molecule has 3 N–H and O–H groups in total. The van der Waals surface area contributed by atoms with Gasteiger partial charge >= 0.3 is 6.18 Å². The van der Waals surface area contributed by atoms with Gasteiger partial charge in [-0.25, -0.2) is 4.98 Å². The fourth-order valence-corrected chi connectivity index (χ4v) is 6.55. The summed E-state index contributed by atoms with van der Waals surface area (Å²) >= 11 is 0. The number of para-hydroxylation sites is 1. The number of hydrogen-bond donors (Lipinski definition) is 3. The lowest BCUT2D eigenvalue weighted by molar-refractivity contribution is -0.137. The smallest absolute Gasteiger partial charge is 0.381 e. The van der Waals surface area contributed by atoms with E-state index in [1.165, 1.54) is 5.56 Å². The number of likely N-dealkylation sites (tertiary alicyclic amines) is 1. The van der Waals surface area contributed by atoms with E-state index in [-0.39, 0.29) is 11.9 Å². The number of alkyl halides is 3. The largest absolute Gasteiger partial charge is 0.421 e. The van der Waals surface area contributed by atoms with Gasteiger partial charge in [0.2, 0.25) is 11.9 Å². The molecule has 1 saturated heterocycles. The maximum Gasteiger partial charge on any atom is 0.421 e. The predicted molar refractivity (Wildman–Crippen MR) is 174 cm³/mol. The molecular formula is C33H36F3N6O2P. The highest BCUT2D eigenvalue weighted by Crippen LogP contribution is 2.40. The lowest BCUT2D eigenvalue weighted by atomic mass is 9.90. The molecule has 8 nitrogen and oxygen atoms in total. The van der Waals surface area contributed by atoms with Crippen molar-refractivity contribution in [2.75, 3.05) is 42.4 Å². The Morgan fingerprint density at radius 3 is 2.47 bits per heavy atom. The maximum absolute atomic E-state index is 13.8. The van der Waals surface area contributed by atoms with E-state index in [2.05, 4.69) is 38.1 Å². The van der Waals surface area contributed by atoms with Gasteiger partial charge in [-0.05, 0) is 73.7 Å². The Morgan fingerprint density at radius 2 is 1.76 bits per heavy atom. The van der Waals surface area contributed by atoms with Crippen molar-refractivity contribution in [3.05, 3.63) is 95.7 Å². The summed E-state index contributed by atoms with van der Waals surface area (Å²) in [7, 11) is -2.78. The number of rotatable bonds is 9. The third kappa shape index (κ3) is 8.22. The number of anilines is 5. The molecule has 4 aromatic rings. The molecule has 0 saturated carbocycles. The third-order valence-electron chi connectivity index (χ3n) is 7.76. The van der Waals surface area contributed by atoms with Gasteiger partial charge in [-0.2, -0.15) is 18.2 Å². The summed E-state index contributed by atoms with van der Waals surface area (Å²) in [5.74, 6) is -0.0348. The number of halogens is 3. The van der Waals surface area contributed by atoms with E-state index in [9.17, 15) is 22.5 Å². The second kappa shape index (κ2) is 13.3. The minimum absolute atomic E-state index is 0.0205. The average Bonchev–Trinajstić information content (AvgIpc) is 3.00. The standard InChI is InChI=1S/C33H36F3N6O2P/c1-22(43)42-17-7-9-25(21-42)24-8-6-10-27(18-24)37-19-23-13-15-26(16-14-23)39-32-38-20-28(33(34,35)36)31(41-32)40-29-11-4-5-12-30(29)45(2,3)44/h4-6,8,10-16,18,20,25,37H,7,9,17,19,21H2,1-3H3,(H2,38,39,40,41). The zero-order valence-electron chi connectivity index (χ0n) is 25.4. The summed E-state index contributed by atoms with van der Waals surface area (Å²) in [4.78, 5) is 21.8. The molecule has 2 heterocycles. The van der Waals surface area contributed by atoms with Crippen molar-refractivity contribution < 1.29 is 22.5 Å². The molecule has 0 spiro atoms. The summed E-state index contributed by atoms with van der Waals surface area (Å²) in [6.07, 6.45) is -1.92. The molecule has 236 valence electrons. The van der Waals surface area contributed by atoms with Crippen LogP contribution in [0.3, 0.4) is 0 Å². The van der Waals surface area contributed by atoms with Crippen LogP contribution >= 0.6 is 7.14 Å². The molecule has 0 radical (unpaired) electrons. The van der Waals surface area contributed by atoms with E-state index in [0.717, 1.165) is 43.4 Å². The van der Waals surface area contributed by atoms with Gasteiger partial charge in [0.1, 0.15) is 18.5 Å². The first-order valence-electron chi connectivity index (χ1n) is 14.7. The Bertz CT molecular complexity index is 1710. The van der Waals surface area contributed by atoms with E-state index < -0.39 is 24.7 Å². The molecule has 1 amide bonds. The molecule has 45 heavy (non-hydrogen) atoms. The topological polar surface area (TPSA) is 99.3 Å². The van der Waals surface area contributed by atoms with Gasteiger partial charge in [-0.15, -0.1) is 0 Å². The van der Waals surface area contributed by atoms with Crippen LogP contribution in [-0.4, -0.2) is 47.2 Å². The second-order valence-corrected chi connectivity index (χ2v) is 14.7. The molecule has 3 aromatic carbocycles. The van der Waals surface area contributed by atoms with E-state index in [4.69, 9.17) is 0 Å². The monoisotopic (exact) mass is 636 g/mol. The van der Waals surface area contributed by atoms with Gasteiger partial charge in [0, 0.05) is 55.4 Å². The normalized spacial score (nSPS) is 15.4. The Hall–Kier alpha value is -4.37. The Kier molecular flexibility index (Phi) is 9.48. The summed E-state index contributed by atoms with van der Waals surface area (Å²) in [6, 6.07) is 22.2. The number of benzene rings is 3. The second-order valence-electron chi connectivity index (χ2n) is 11.6. The van der Waals surface area contributed by atoms with Gasteiger partial charge in [0.25, 0.3) is 0 Å². The fraction of sp³-hybridized carbons (Fsp3) is 0.303. The van der Waals surface area contributed by atoms with Crippen LogP contribution in [0, 0.1) is 0 Å². The molecule has 1 unspecified atom stereocenters. The van der Waals surface area contributed by atoms with Gasteiger partial charge in [-0.1, -0.05) is 36.4 Å². The molecule has 5 rings (SSSR count). The van der Waals surface area contributed by atoms with Crippen molar-refractivity contribution in [2.45, 2.75) is 38.4 Å². The van der Waals surface area contributed by atoms with E-state index in [1.54, 1.807) is 56.7 Å². The number of amides is 1. The maximum atomic E-state index is 13.8. The van der Waals surface area contributed by atoms with Crippen molar-refractivity contribution in [3.63, 3.8) is 0 Å². The van der Waals surface area contributed by atoms with Crippen molar-refractivity contribution in [1.82, 2.24) is 14.9 Å². The Labute approximate surface area is 260 Å². The molecule has 12 heteroatoms. The summed E-state index contributed by atoms with van der Waals surface area (Å²) < 4.78 is 54.2. The highest BCUT2D eigenvalue weighted by atomic mass is 31.2. The average molecular weight is 637 g/mol. The van der Waals surface area contributed by atoms with Crippen molar-refractivity contribution in [2.24, 2.45) is 0 Å². The highest BCUT2D eigenvalue weighted by molar-refractivity contribution is 7.70. The molecule has 1 aromatic heterocycles. The number of carbonyl (C=O) groups excluding carboxylic acids is 1. The van der Waals surface area contributed by atoms with Crippen LogP contribution in [0.2, 0.25) is 0 Å². The molecule has 1 fully saturated rings. The Morgan fingerprint density at radius 1 is 1.00 bits per heavy atom. The predicted octanol–water partition coefficient (Wildman–Crippen LogP) is 7.57. The first-order chi connectivity index (χ1) is 21.4. The van der Waals surface area contributed by atoms with Gasteiger partial charge in [0.05, 0.1) is 5.69 Å². The third-order valence-corrected chi connectivity index (χ3v) is 9.31. The van der Waals surface area contributed by atoms with Crippen molar-refractivity contribution in [3.8, 4) is 0 Å². The quantitative estimate of drug-likeness (QED) is 0.163. The molecule has 0 aliphatic carbocycles. The summed E-state index contributed by atoms with van der Waals surface area (Å²) in [6.45, 7) is 6.85. The minimum Gasteiger partial charge on any atom is -0.381 e. The van der Waals surface area contributed by atoms with Gasteiger partial charge in [0.15, 0.2) is 0 Å². The van der Waals surface area contributed by atoms with Crippen LogP contribution < -0.4 is 21.3 Å². The summed E-state index contributed by atoms with van der Waals surface area (Å²) in [5, 5.41) is 9.60. The minimum atomic E-state index is -4.70. The molecule has 1 aliphatic heterocycles. The number of piperidine rings is 1. The van der Waals surface area contributed by atoms with Crippen molar-refractivity contribution in [1.29, 1.82) is 0 Å². The van der Waals surface area contributed by atoms with Crippen LogP contribution in [0.5, 0.6) is 0 Å². The lowest BCUT2D eigenvalue weighted by Gasteiger charge is -2.32. The van der Waals surface area contributed by atoms with E-state index in [1.807, 2.05) is 29.2 Å². The summed E-state index contributed by atoms with van der Waals surface area (Å²) in [5.41, 5.74) is 3.05. The lowest BCUT2D eigenvalue weighted by Crippen LogP contribution is -2.37. The van der Waals surface area contributed by atoms with E-state index in [0.29, 0.717) is 29.1 Å². The number of nitrogens with one attached hydrogen (secondary N) is 3. The van der Waals surface area contributed by atoms with Crippen LogP contribution in [-0.2, 0) is 22.1 Å². The van der Waals surface area contributed by atoms with Gasteiger partial charge in [-0.3, -0.25) is 4.79 Å². The number of nitrogens with zero attached hydrogens (tertiary/aromatic N) is 3. The van der Waals surface area contributed by atoms with Gasteiger partial charge < -0.3 is 25.4 Å². The fourth-order valence-electron chi connectivity index (χ4n) is 5.40. The zero-order valence-corrected chi connectivity index (χ0v) is 26.3. The van der Waals surface area contributed by atoms with E-state index >= 15 is 0 Å². The van der Waals surface area contributed by atoms with Crippen molar-refractivity contribution >= 4 is 47.2 Å². The van der Waals surface area contributed by atoms with Crippen LogP contribution in [0.1, 0.15) is 42.4 Å². The first-order valence-corrected chi connectivity index (χ1v) is 17.3. The zero-order chi connectivity index (χ0) is 32.2. The Balaban J connectivity index is 1.26. The molecular weight excluding hydrogens is 600 g/mol. The van der Waals surface area contributed by atoms with Crippen LogP contribution in [0.25, 0.3) is 0 Å². The molecule has 1 aliphatic rings.